The third kappa shape index (κ3) is 2.25. The van der Waals surface area contributed by atoms with Gasteiger partial charge in [-0.1, -0.05) is 0 Å². The van der Waals surface area contributed by atoms with Crippen molar-refractivity contribution >= 4 is 11.0 Å². The maximum atomic E-state index is 5.32. The molecule has 0 atom stereocenters. The molecule has 0 radical (unpaired) electrons. The Bertz CT molecular complexity index is 449. The minimum absolute atomic E-state index is 0.730. The molecule has 0 amide bonds. The SMILES string of the molecule is CCOCCc1nc2cc(C)c(C)cc2[nH]1. The number of ether oxygens (including phenoxy) is 1. The molecule has 0 unspecified atom stereocenters. The zero-order chi connectivity index (χ0) is 11.5. The van der Waals surface area contributed by atoms with Crippen LogP contribution in [0.4, 0.5) is 0 Å². The Balaban J connectivity index is 2.23. The number of H-pyrrole nitrogens is 1. The van der Waals surface area contributed by atoms with E-state index in [1.807, 2.05) is 6.92 Å². The van der Waals surface area contributed by atoms with Crippen LogP contribution in [0.2, 0.25) is 0 Å². The molecule has 3 heteroatoms. The van der Waals surface area contributed by atoms with Crippen molar-refractivity contribution in [3.8, 4) is 0 Å². The van der Waals surface area contributed by atoms with Crippen molar-refractivity contribution in [2.45, 2.75) is 27.2 Å². The first-order chi connectivity index (χ1) is 7.70. The van der Waals surface area contributed by atoms with E-state index in [9.17, 15) is 0 Å². The minimum atomic E-state index is 0.730. The fraction of sp³-hybridized carbons (Fsp3) is 0.462. The van der Waals surface area contributed by atoms with Gasteiger partial charge in [0.1, 0.15) is 5.82 Å². The summed E-state index contributed by atoms with van der Waals surface area (Å²) in [5.74, 6) is 1.01. The highest BCUT2D eigenvalue weighted by atomic mass is 16.5. The summed E-state index contributed by atoms with van der Waals surface area (Å²) >= 11 is 0. The van der Waals surface area contributed by atoms with Crippen molar-refractivity contribution in [1.82, 2.24) is 9.97 Å². The lowest BCUT2D eigenvalue weighted by molar-refractivity contribution is 0.149. The fourth-order valence-corrected chi connectivity index (χ4v) is 1.75. The predicted molar refractivity (Wildman–Crippen MR) is 65.8 cm³/mol. The van der Waals surface area contributed by atoms with Crippen molar-refractivity contribution in [2.24, 2.45) is 0 Å². The van der Waals surface area contributed by atoms with E-state index in [0.29, 0.717) is 0 Å². The summed E-state index contributed by atoms with van der Waals surface area (Å²) in [6, 6.07) is 4.28. The minimum Gasteiger partial charge on any atom is -0.381 e. The second-order valence-corrected chi connectivity index (χ2v) is 4.08. The number of nitrogens with zero attached hydrogens (tertiary/aromatic N) is 1. The summed E-state index contributed by atoms with van der Waals surface area (Å²) in [6.45, 7) is 7.73. The summed E-state index contributed by atoms with van der Waals surface area (Å²) in [4.78, 5) is 7.88. The van der Waals surface area contributed by atoms with Crippen LogP contribution in [0, 0.1) is 13.8 Å². The number of hydrogen-bond donors (Lipinski definition) is 1. The van der Waals surface area contributed by atoms with Crippen LogP contribution in [0.3, 0.4) is 0 Å². The van der Waals surface area contributed by atoms with Crippen molar-refractivity contribution in [2.75, 3.05) is 13.2 Å². The summed E-state index contributed by atoms with van der Waals surface area (Å²) in [5.41, 5.74) is 4.76. The molecule has 2 rings (SSSR count). The Morgan fingerprint density at radius 1 is 1.25 bits per heavy atom. The van der Waals surface area contributed by atoms with Crippen molar-refractivity contribution in [1.29, 1.82) is 0 Å². The molecular weight excluding hydrogens is 200 g/mol. The largest absolute Gasteiger partial charge is 0.381 e. The number of fused-ring (bicyclic) bond motifs is 1. The third-order valence-corrected chi connectivity index (χ3v) is 2.83. The smallest absolute Gasteiger partial charge is 0.109 e. The molecule has 0 aliphatic carbocycles. The summed E-state index contributed by atoms with van der Waals surface area (Å²) < 4.78 is 5.32. The van der Waals surface area contributed by atoms with Crippen molar-refractivity contribution in [3.05, 3.63) is 29.1 Å². The van der Waals surface area contributed by atoms with Gasteiger partial charge in [0, 0.05) is 13.0 Å². The standard InChI is InChI=1S/C13H18N2O/c1-4-16-6-5-13-14-11-7-9(2)10(3)8-12(11)15-13/h7-8H,4-6H2,1-3H3,(H,14,15). The molecule has 0 saturated heterocycles. The van der Waals surface area contributed by atoms with Gasteiger partial charge >= 0.3 is 0 Å². The normalized spacial score (nSPS) is 11.2. The highest BCUT2D eigenvalue weighted by molar-refractivity contribution is 5.77. The molecule has 86 valence electrons. The molecule has 3 nitrogen and oxygen atoms in total. The van der Waals surface area contributed by atoms with Gasteiger partial charge < -0.3 is 9.72 Å². The lowest BCUT2D eigenvalue weighted by Crippen LogP contribution is -1.99. The Hall–Kier alpha value is -1.35. The zero-order valence-corrected chi connectivity index (χ0v) is 10.1. The van der Waals surface area contributed by atoms with Gasteiger partial charge in [0.15, 0.2) is 0 Å². The first-order valence-corrected chi connectivity index (χ1v) is 5.74. The van der Waals surface area contributed by atoms with Crippen LogP contribution in [0.15, 0.2) is 12.1 Å². The van der Waals surface area contributed by atoms with Gasteiger partial charge in [0.25, 0.3) is 0 Å². The molecule has 16 heavy (non-hydrogen) atoms. The highest BCUT2D eigenvalue weighted by Crippen LogP contribution is 2.17. The van der Waals surface area contributed by atoms with Gasteiger partial charge in [-0.15, -0.1) is 0 Å². The van der Waals surface area contributed by atoms with Crippen LogP contribution in [-0.4, -0.2) is 23.2 Å². The van der Waals surface area contributed by atoms with Crippen LogP contribution in [0.1, 0.15) is 23.9 Å². The fourth-order valence-electron chi connectivity index (χ4n) is 1.75. The number of rotatable bonds is 4. The van der Waals surface area contributed by atoms with Gasteiger partial charge in [-0.2, -0.15) is 0 Å². The first kappa shape index (κ1) is 11.1. The Morgan fingerprint density at radius 2 is 2.00 bits per heavy atom. The van der Waals surface area contributed by atoms with Gasteiger partial charge in [0.2, 0.25) is 0 Å². The number of benzene rings is 1. The van der Waals surface area contributed by atoms with Crippen LogP contribution in [-0.2, 0) is 11.2 Å². The molecule has 1 aromatic heterocycles. The topological polar surface area (TPSA) is 37.9 Å². The summed E-state index contributed by atoms with van der Waals surface area (Å²) in [7, 11) is 0. The molecule has 0 spiro atoms. The molecule has 0 bridgehead atoms. The number of aryl methyl sites for hydroxylation is 2. The summed E-state index contributed by atoms with van der Waals surface area (Å²) in [6.07, 6.45) is 0.848. The monoisotopic (exact) mass is 218 g/mol. The maximum absolute atomic E-state index is 5.32. The third-order valence-electron chi connectivity index (χ3n) is 2.83. The van der Waals surface area contributed by atoms with Gasteiger partial charge in [0.05, 0.1) is 17.6 Å². The number of aromatic nitrogens is 2. The molecule has 0 fully saturated rings. The van der Waals surface area contributed by atoms with E-state index in [0.717, 1.165) is 36.5 Å². The average molecular weight is 218 g/mol. The average Bonchev–Trinajstić information content (AvgIpc) is 2.61. The molecule has 0 aliphatic heterocycles. The second-order valence-electron chi connectivity index (χ2n) is 4.08. The first-order valence-electron chi connectivity index (χ1n) is 5.74. The number of imidazole rings is 1. The molecule has 0 aliphatic rings. The van der Waals surface area contributed by atoms with Crippen LogP contribution < -0.4 is 0 Å². The molecule has 1 N–H and O–H groups in total. The number of aromatic amines is 1. The van der Waals surface area contributed by atoms with Gasteiger partial charge in [-0.25, -0.2) is 4.98 Å². The molecule has 1 aromatic carbocycles. The van der Waals surface area contributed by atoms with Gasteiger partial charge in [-0.05, 0) is 44.0 Å². The van der Waals surface area contributed by atoms with E-state index in [1.54, 1.807) is 0 Å². The van der Waals surface area contributed by atoms with Crippen molar-refractivity contribution in [3.63, 3.8) is 0 Å². The van der Waals surface area contributed by atoms with E-state index in [2.05, 4.69) is 35.9 Å². The lowest BCUT2D eigenvalue weighted by Gasteiger charge is -1.97. The quantitative estimate of drug-likeness (QED) is 0.801. The van der Waals surface area contributed by atoms with E-state index in [-0.39, 0.29) is 0 Å². The lowest BCUT2D eigenvalue weighted by atomic mass is 10.1. The van der Waals surface area contributed by atoms with E-state index in [4.69, 9.17) is 4.74 Å². The zero-order valence-electron chi connectivity index (χ0n) is 10.1. The van der Waals surface area contributed by atoms with Crippen LogP contribution >= 0.6 is 0 Å². The predicted octanol–water partition coefficient (Wildman–Crippen LogP) is 2.76. The van der Waals surface area contributed by atoms with Crippen LogP contribution in [0.5, 0.6) is 0 Å². The second kappa shape index (κ2) is 4.66. The Kier molecular flexibility index (Phi) is 3.25. The van der Waals surface area contributed by atoms with Gasteiger partial charge in [-0.3, -0.25) is 0 Å². The van der Waals surface area contributed by atoms with E-state index < -0.39 is 0 Å². The number of nitrogens with one attached hydrogen (secondary N) is 1. The van der Waals surface area contributed by atoms with E-state index >= 15 is 0 Å². The Morgan fingerprint density at radius 3 is 2.75 bits per heavy atom. The van der Waals surface area contributed by atoms with Crippen molar-refractivity contribution < 1.29 is 4.74 Å². The Labute approximate surface area is 95.8 Å². The summed E-state index contributed by atoms with van der Waals surface area (Å²) in [5, 5.41) is 0. The molecule has 2 aromatic rings. The maximum Gasteiger partial charge on any atom is 0.109 e. The van der Waals surface area contributed by atoms with Crippen LogP contribution in [0.25, 0.3) is 11.0 Å². The van der Waals surface area contributed by atoms with E-state index in [1.165, 1.54) is 11.1 Å². The molecule has 0 saturated carbocycles. The highest BCUT2D eigenvalue weighted by Gasteiger charge is 2.04. The molecule has 1 heterocycles. The molecular formula is C13H18N2O. The number of hydrogen-bond acceptors (Lipinski definition) is 2.